The number of ether oxygens (including phenoxy) is 3. The third-order valence-electron chi connectivity index (χ3n) is 3.65. The number of phenols is 1. The minimum absolute atomic E-state index is 0.0501. The van der Waals surface area contributed by atoms with Gasteiger partial charge in [0.15, 0.2) is 11.5 Å². The Bertz CT molecular complexity index is 507. The molecule has 0 amide bonds. The zero-order chi connectivity index (χ0) is 12.7. The molecule has 1 aromatic rings. The van der Waals surface area contributed by atoms with E-state index in [4.69, 9.17) is 14.2 Å². The van der Waals surface area contributed by atoms with Crippen molar-refractivity contribution in [3.05, 3.63) is 23.8 Å². The number of fused-ring (bicyclic) bond motifs is 3. The van der Waals surface area contributed by atoms with Crippen molar-refractivity contribution in [2.24, 2.45) is 0 Å². The second-order valence-electron chi connectivity index (χ2n) is 4.57. The Morgan fingerprint density at radius 2 is 2.17 bits per heavy atom. The van der Waals surface area contributed by atoms with Crippen molar-refractivity contribution in [2.75, 3.05) is 14.2 Å². The van der Waals surface area contributed by atoms with Gasteiger partial charge in [0.05, 0.1) is 14.2 Å². The highest BCUT2D eigenvalue weighted by atomic mass is 16.5. The van der Waals surface area contributed by atoms with Crippen LogP contribution in [0, 0.1) is 0 Å². The van der Waals surface area contributed by atoms with Crippen LogP contribution in [0.5, 0.6) is 23.0 Å². The molecule has 96 valence electrons. The lowest BCUT2D eigenvalue weighted by molar-refractivity contribution is 0.243. The fourth-order valence-electron chi connectivity index (χ4n) is 2.81. The maximum Gasteiger partial charge on any atom is 0.201 e. The largest absolute Gasteiger partial charge is 0.502 e. The van der Waals surface area contributed by atoms with E-state index in [1.54, 1.807) is 13.2 Å². The zero-order valence-corrected chi connectivity index (χ0v) is 10.5. The molecule has 4 heteroatoms. The summed E-state index contributed by atoms with van der Waals surface area (Å²) in [6.45, 7) is 0. The standard InChI is InChI=1S/C14H16O4/c1-16-11-7-10-12(14(17-2)13(11)15)8-5-3-4-6-9(8)18-10/h4,6-9,15H,3,5H2,1-2H3/t8-,9+/m0/s1. The van der Waals surface area contributed by atoms with E-state index >= 15 is 0 Å². The van der Waals surface area contributed by atoms with Crippen LogP contribution >= 0.6 is 0 Å². The molecule has 0 bridgehead atoms. The average Bonchev–Trinajstić information content (AvgIpc) is 2.76. The molecule has 2 atom stereocenters. The van der Waals surface area contributed by atoms with E-state index in [-0.39, 0.29) is 17.8 Å². The zero-order valence-electron chi connectivity index (χ0n) is 10.5. The quantitative estimate of drug-likeness (QED) is 0.817. The molecule has 0 spiro atoms. The van der Waals surface area contributed by atoms with Crippen molar-refractivity contribution in [2.45, 2.75) is 24.9 Å². The molecular weight excluding hydrogens is 232 g/mol. The van der Waals surface area contributed by atoms with Crippen LogP contribution in [0.1, 0.15) is 24.3 Å². The number of hydrogen-bond acceptors (Lipinski definition) is 4. The van der Waals surface area contributed by atoms with Crippen LogP contribution in [0.2, 0.25) is 0 Å². The summed E-state index contributed by atoms with van der Waals surface area (Å²) >= 11 is 0. The molecule has 0 saturated carbocycles. The van der Waals surface area contributed by atoms with Gasteiger partial charge in [0.25, 0.3) is 0 Å². The smallest absolute Gasteiger partial charge is 0.201 e. The Labute approximate surface area is 106 Å². The average molecular weight is 248 g/mol. The molecular formula is C14H16O4. The summed E-state index contributed by atoms with van der Waals surface area (Å²) in [6.07, 6.45) is 6.30. The molecule has 1 aliphatic heterocycles. The fraction of sp³-hybridized carbons (Fsp3) is 0.429. The summed E-state index contributed by atoms with van der Waals surface area (Å²) in [7, 11) is 3.07. The van der Waals surface area contributed by atoms with Crippen molar-refractivity contribution in [3.8, 4) is 23.0 Å². The number of phenolic OH excluding ortho intramolecular Hbond substituents is 1. The Hall–Kier alpha value is -1.84. The van der Waals surface area contributed by atoms with Gasteiger partial charge in [-0.25, -0.2) is 0 Å². The van der Waals surface area contributed by atoms with Crippen LogP contribution in [0.25, 0.3) is 0 Å². The van der Waals surface area contributed by atoms with Crippen LogP contribution in [0.3, 0.4) is 0 Å². The molecule has 3 rings (SSSR count). The summed E-state index contributed by atoms with van der Waals surface area (Å²) in [6, 6.07) is 1.74. The first-order chi connectivity index (χ1) is 8.76. The highest BCUT2D eigenvalue weighted by molar-refractivity contribution is 5.64. The van der Waals surface area contributed by atoms with Crippen molar-refractivity contribution in [1.29, 1.82) is 0 Å². The molecule has 1 aromatic carbocycles. The number of allylic oxidation sites excluding steroid dienone is 1. The van der Waals surface area contributed by atoms with Crippen LogP contribution < -0.4 is 14.2 Å². The summed E-state index contributed by atoms with van der Waals surface area (Å²) in [4.78, 5) is 0. The molecule has 0 radical (unpaired) electrons. The van der Waals surface area contributed by atoms with Gasteiger partial charge in [-0.1, -0.05) is 6.08 Å². The first kappa shape index (κ1) is 11.3. The molecule has 0 aromatic heterocycles. The van der Waals surface area contributed by atoms with E-state index in [9.17, 15) is 5.11 Å². The number of benzene rings is 1. The van der Waals surface area contributed by atoms with Gasteiger partial charge in [-0.2, -0.15) is 0 Å². The Morgan fingerprint density at radius 1 is 1.33 bits per heavy atom. The summed E-state index contributed by atoms with van der Waals surface area (Å²) in [5.41, 5.74) is 0.963. The van der Waals surface area contributed by atoms with Crippen LogP contribution in [0.15, 0.2) is 18.2 Å². The Kier molecular flexibility index (Phi) is 2.58. The van der Waals surface area contributed by atoms with E-state index in [0.29, 0.717) is 11.5 Å². The summed E-state index contributed by atoms with van der Waals surface area (Å²) in [5.74, 6) is 1.93. The molecule has 4 nitrogen and oxygen atoms in total. The first-order valence-corrected chi connectivity index (χ1v) is 6.07. The molecule has 2 aliphatic rings. The first-order valence-electron chi connectivity index (χ1n) is 6.07. The lowest BCUT2D eigenvalue weighted by Gasteiger charge is -2.20. The van der Waals surface area contributed by atoms with E-state index in [1.165, 1.54) is 7.11 Å². The van der Waals surface area contributed by atoms with Gasteiger partial charge in [0.1, 0.15) is 11.9 Å². The minimum atomic E-state index is 0.0501. The second-order valence-corrected chi connectivity index (χ2v) is 4.57. The molecule has 0 unspecified atom stereocenters. The van der Waals surface area contributed by atoms with Crippen LogP contribution in [-0.4, -0.2) is 25.4 Å². The van der Waals surface area contributed by atoms with Gasteiger partial charge in [0.2, 0.25) is 5.75 Å². The summed E-state index contributed by atoms with van der Waals surface area (Å²) in [5, 5.41) is 10.1. The Balaban J connectivity index is 2.16. The van der Waals surface area contributed by atoms with E-state index < -0.39 is 0 Å². The predicted molar refractivity (Wildman–Crippen MR) is 66.7 cm³/mol. The van der Waals surface area contributed by atoms with E-state index in [0.717, 1.165) is 24.2 Å². The molecule has 18 heavy (non-hydrogen) atoms. The molecule has 0 fully saturated rings. The predicted octanol–water partition coefficient (Wildman–Crippen LogP) is 2.60. The number of rotatable bonds is 2. The van der Waals surface area contributed by atoms with E-state index in [1.807, 2.05) is 0 Å². The van der Waals surface area contributed by atoms with Crippen LogP contribution in [-0.2, 0) is 0 Å². The fourth-order valence-corrected chi connectivity index (χ4v) is 2.81. The van der Waals surface area contributed by atoms with Gasteiger partial charge in [0, 0.05) is 17.5 Å². The maximum atomic E-state index is 10.1. The number of aromatic hydroxyl groups is 1. The highest BCUT2D eigenvalue weighted by Gasteiger charge is 2.38. The van der Waals surface area contributed by atoms with E-state index in [2.05, 4.69) is 12.2 Å². The van der Waals surface area contributed by atoms with Gasteiger partial charge in [-0.05, 0) is 18.9 Å². The molecule has 1 heterocycles. The Morgan fingerprint density at radius 3 is 2.89 bits per heavy atom. The number of hydrogen-bond donors (Lipinski definition) is 1. The maximum absolute atomic E-state index is 10.1. The van der Waals surface area contributed by atoms with Gasteiger partial charge in [-0.15, -0.1) is 0 Å². The lowest BCUT2D eigenvalue weighted by Crippen LogP contribution is -2.18. The molecule has 1 N–H and O–H groups in total. The van der Waals surface area contributed by atoms with Crippen molar-refractivity contribution in [1.82, 2.24) is 0 Å². The second kappa shape index (κ2) is 4.12. The monoisotopic (exact) mass is 248 g/mol. The minimum Gasteiger partial charge on any atom is -0.502 e. The van der Waals surface area contributed by atoms with Crippen molar-refractivity contribution < 1.29 is 19.3 Å². The van der Waals surface area contributed by atoms with Gasteiger partial charge in [-0.3, -0.25) is 0 Å². The highest BCUT2D eigenvalue weighted by Crippen LogP contribution is 2.54. The molecule has 1 aliphatic carbocycles. The lowest BCUT2D eigenvalue weighted by atomic mass is 9.86. The third-order valence-corrected chi connectivity index (χ3v) is 3.65. The topological polar surface area (TPSA) is 47.9 Å². The van der Waals surface area contributed by atoms with Crippen molar-refractivity contribution >= 4 is 0 Å². The SMILES string of the molecule is COc1cc2c(c(OC)c1O)[C@H]1CCC=C[C@H]1O2. The van der Waals surface area contributed by atoms with Crippen molar-refractivity contribution in [3.63, 3.8) is 0 Å². The van der Waals surface area contributed by atoms with Gasteiger partial charge >= 0.3 is 0 Å². The summed E-state index contributed by atoms with van der Waals surface area (Å²) < 4.78 is 16.4. The number of methoxy groups -OCH3 is 2. The third kappa shape index (κ3) is 1.45. The molecule has 0 saturated heterocycles. The van der Waals surface area contributed by atoms with Gasteiger partial charge < -0.3 is 19.3 Å². The van der Waals surface area contributed by atoms with Crippen LogP contribution in [0.4, 0.5) is 0 Å². The normalized spacial score (nSPS) is 24.1.